The van der Waals surface area contributed by atoms with E-state index in [-0.39, 0.29) is 49.4 Å². The lowest BCUT2D eigenvalue weighted by atomic mass is 9.85. The molecular formula is C40H50ClN5O9S. The molecule has 14 nitrogen and oxygen atoms in total. The fourth-order valence-corrected chi connectivity index (χ4v) is 9.85. The quantitative estimate of drug-likeness (QED) is 0.358. The van der Waals surface area contributed by atoms with Gasteiger partial charge in [0.05, 0.1) is 11.8 Å². The molecule has 5 aliphatic rings. The second-order valence-electron chi connectivity index (χ2n) is 16.9. The summed E-state index contributed by atoms with van der Waals surface area (Å²) >= 11 is 6.32. The maximum absolute atomic E-state index is 14.7. The third-order valence-electron chi connectivity index (χ3n) is 11.8. The zero-order valence-corrected chi connectivity index (χ0v) is 33.5. The molecule has 3 saturated carbocycles. The molecule has 2 aliphatic heterocycles. The lowest BCUT2D eigenvalue weighted by Crippen LogP contribution is -2.60. The standard InChI is InChI=1S/C40H50ClN5O9S/c1-5-25-21-40(25,37(50)44-56(52,53)28-14-15-28)43-34(47)30-20-27-22-46(30)36(49)33(39(2,3)4)42-38(51)55-31-12-9-11-23(31)10-7-6-8-17-45-32(54-27)19-24-18-26(41)13-16-29(24)35(45)48/h5-7,13,16,18-19,23,25,27-28,30-31,33H,1,8-12,14-15,17,20-22H2,2-4H3,(H,42,51)(H,43,47)(H,44,50)/t23-,25-,27-,30+,31-,33-,40-/m1/s1. The van der Waals surface area contributed by atoms with Crippen LogP contribution in [-0.4, -0.2) is 83.3 Å². The summed E-state index contributed by atoms with van der Waals surface area (Å²) < 4.78 is 41.7. The number of allylic oxidation sites excluding steroid dienone is 2. The van der Waals surface area contributed by atoms with Crippen LogP contribution in [0.1, 0.15) is 78.6 Å². The number of hydrogen-bond acceptors (Lipinski definition) is 9. The van der Waals surface area contributed by atoms with Crippen LogP contribution < -0.4 is 25.7 Å². The highest BCUT2D eigenvalue weighted by molar-refractivity contribution is 7.91. The van der Waals surface area contributed by atoms with E-state index in [0.717, 1.165) is 12.8 Å². The number of nitrogens with zero attached hydrogens (tertiary/aromatic N) is 2. The van der Waals surface area contributed by atoms with Crippen molar-refractivity contribution in [3.63, 3.8) is 0 Å². The number of carbonyl (C=O) groups is 4. The SMILES string of the molecule is C=C[C@@H]1C[C@]1(NC(=O)[C@@H]1C[C@@H]2CN1C(=O)[C@H](C(C)(C)C)NC(=O)O[C@@H]1CCC[C@H]1CC=CCCn1c(cc3cc(Cl)ccc3c1=O)O2)C(=O)NS(=O)(=O)C1CC1. The summed E-state index contributed by atoms with van der Waals surface area (Å²) in [7, 11) is -3.93. The Morgan fingerprint density at radius 3 is 2.54 bits per heavy atom. The van der Waals surface area contributed by atoms with Crippen molar-refractivity contribution < 1.29 is 37.1 Å². The summed E-state index contributed by atoms with van der Waals surface area (Å²) in [6.45, 7) is 9.34. The van der Waals surface area contributed by atoms with E-state index >= 15 is 0 Å². The molecule has 16 heteroatoms. The first-order valence-corrected chi connectivity index (χ1v) is 21.4. The molecule has 3 heterocycles. The molecule has 0 spiro atoms. The van der Waals surface area contributed by atoms with Gasteiger partial charge in [0, 0.05) is 35.4 Å². The minimum Gasteiger partial charge on any atom is -0.473 e. The van der Waals surface area contributed by atoms with Crippen LogP contribution in [-0.2, 0) is 35.7 Å². The van der Waals surface area contributed by atoms with E-state index in [1.807, 2.05) is 12.2 Å². The molecule has 0 radical (unpaired) electrons. The van der Waals surface area contributed by atoms with Crippen LogP contribution in [0.15, 0.2) is 53.9 Å². The van der Waals surface area contributed by atoms with E-state index in [0.29, 0.717) is 47.9 Å². The molecule has 2 aromatic rings. The minimum absolute atomic E-state index is 0.0405. The molecule has 1 saturated heterocycles. The van der Waals surface area contributed by atoms with E-state index in [2.05, 4.69) is 21.9 Å². The molecule has 2 bridgehead atoms. The summed E-state index contributed by atoms with van der Waals surface area (Å²) in [5.74, 6) is -2.36. The number of sulfonamides is 1. The second kappa shape index (κ2) is 15.2. The minimum atomic E-state index is -3.93. The number of pyridine rings is 1. The van der Waals surface area contributed by atoms with Gasteiger partial charge in [-0.25, -0.2) is 13.2 Å². The summed E-state index contributed by atoms with van der Waals surface area (Å²) in [6.07, 6.45) is 8.26. The van der Waals surface area contributed by atoms with Gasteiger partial charge in [0.2, 0.25) is 21.8 Å². The number of aromatic nitrogens is 1. The number of benzene rings is 1. The fourth-order valence-electron chi connectivity index (χ4n) is 8.30. The van der Waals surface area contributed by atoms with Crippen LogP contribution >= 0.6 is 11.6 Å². The number of ether oxygens (including phenoxy) is 2. The zero-order chi connectivity index (χ0) is 40.2. The van der Waals surface area contributed by atoms with Crippen molar-refractivity contribution in [2.24, 2.45) is 17.3 Å². The van der Waals surface area contributed by atoms with Crippen molar-refractivity contribution >= 4 is 56.2 Å². The topological polar surface area (TPSA) is 182 Å². The number of carbonyl (C=O) groups excluding carboxylic acids is 4. The molecule has 7 rings (SSSR count). The predicted molar refractivity (Wildman–Crippen MR) is 209 cm³/mol. The van der Waals surface area contributed by atoms with Crippen molar-refractivity contribution in [2.45, 2.75) is 120 Å². The molecule has 3 N–H and O–H groups in total. The maximum Gasteiger partial charge on any atom is 0.408 e. The number of alkyl carbamates (subject to hydrolysis) is 1. The van der Waals surface area contributed by atoms with Gasteiger partial charge in [0.15, 0.2) is 5.88 Å². The van der Waals surface area contributed by atoms with Crippen LogP contribution in [0.3, 0.4) is 0 Å². The van der Waals surface area contributed by atoms with Crippen LogP contribution in [0, 0.1) is 17.3 Å². The Morgan fingerprint density at radius 2 is 1.84 bits per heavy atom. The van der Waals surface area contributed by atoms with Gasteiger partial charge in [-0.15, -0.1) is 6.58 Å². The normalized spacial score (nSPS) is 29.8. The Labute approximate surface area is 331 Å². The molecule has 1 aromatic heterocycles. The van der Waals surface area contributed by atoms with E-state index in [1.54, 1.807) is 49.6 Å². The van der Waals surface area contributed by atoms with Gasteiger partial charge in [-0.1, -0.05) is 50.6 Å². The Kier molecular flexibility index (Phi) is 10.8. The van der Waals surface area contributed by atoms with Gasteiger partial charge in [0.25, 0.3) is 11.5 Å². The monoisotopic (exact) mass is 811 g/mol. The molecule has 7 atom stereocenters. The van der Waals surface area contributed by atoms with Crippen molar-refractivity contribution in [3.05, 3.63) is 64.4 Å². The van der Waals surface area contributed by atoms with Gasteiger partial charge in [0.1, 0.15) is 29.8 Å². The number of hydrogen-bond donors (Lipinski definition) is 3. The summed E-state index contributed by atoms with van der Waals surface area (Å²) in [5.41, 5.74) is -2.71. The lowest BCUT2D eigenvalue weighted by Gasteiger charge is -2.35. The number of rotatable bonds is 6. The average molecular weight is 812 g/mol. The Bertz CT molecular complexity index is 2140. The first kappa shape index (κ1) is 39.8. The first-order valence-electron chi connectivity index (χ1n) is 19.4. The number of halogens is 1. The van der Waals surface area contributed by atoms with Crippen molar-refractivity contribution in [1.29, 1.82) is 0 Å². The average Bonchev–Trinajstić information content (AvgIpc) is 4.02. The highest BCUT2D eigenvalue weighted by Crippen LogP contribution is 2.45. The molecule has 4 fully saturated rings. The summed E-state index contributed by atoms with van der Waals surface area (Å²) in [4.78, 5) is 71.5. The molecule has 56 heavy (non-hydrogen) atoms. The van der Waals surface area contributed by atoms with Gasteiger partial charge >= 0.3 is 6.09 Å². The third kappa shape index (κ3) is 8.07. The number of nitrogens with one attached hydrogen (secondary N) is 3. The van der Waals surface area contributed by atoms with Gasteiger partial charge in [-0.2, -0.15) is 0 Å². The van der Waals surface area contributed by atoms with Crippen LogP contribution in [0.4, 0.5) is 4.79 Å². The zero-order valence-electron chi connectivity index (χ0n) is 31.9. The van der Waals surface area contributed by atoms with Gasteiger partial charge in [-0.05, 0) is 86.3 Å². The van der Waals surface area contributed by atoms with Crippen LogP contribution in [0.2, 0.25) is 5.02 Å². The van der Waals surface area contributed by atoms with E-state index in [4.69, 9.17) is 21.1 Å². The number of fused-ring (bicyclic) bond motifs is 5. The van der Waals surface area contributed by atoms with Gasteiger partial charge < -0.3 is 25.0 Å². The molecule has 0 unspecified atom stereocenters. The summed E-state index contributed by atoms with van der Waals surface area (Å²) in [5, 5.41) is 6.39. The summed E-state index contributed by atoms with van der Waals surface area (Å²) in [6, 6.07) is 4.38. The van der Waals surface area contributed by atoms with E-state index in [1.165, 1.54) is 11.0 Å². The Morgan fingerprint density at radius 1 is 1.07 bits per heavy atom. The highest BCUT2D eigenvalue weighted by Gasteiger charge is 2.62. The van der Waals surface area contributed by atoms with Gasteiger partial charge in [-0.3, -0.25) is 28.5 Å². The molecule has 4 amide bonds. The molecular weight excluding hydrogens is 762 g/mol. The molecule has 1 aromatic carbocycles. The highest BCUT2D eigenvalue weighted by atomic mass is 35.5. The molecule has 3 aliphatic carbocycles. The van der Waals surface area contributed by atoms with Crippen molar-refractivity contribution in [2.75, 3.05) is 6.54 Å². The van der Waals surface area contributed by atoms with E-state index < -0.39 is 74.1 Å². The van der Waals surface area contributed by atoms with Crippen LogP contribution in [0.25, 0.3) is 10.8 Å². The first-order chi connectivity index (χ1) is 26.5. The van der Waals surface area contributed by atoms with Crippen LogP contribution in [0.5, 0.6) is 5.88 Å². The fraction of sp³-hybridized carbons (Fsp3) is 0.575. The van der Waals surface area contributed by atoms with Crippen molar-refractivity contribution in [3.8, 4) is 5.88 Å². The maximum atomic E-state index is 14.7. The lowest BCUT2D eigenvalue weighted by molar-refractivity contribution is -0.143. The third-order valence-corrected chi connectivity index (χ3v) is 13.8. The largest absolute Gasteiger partial charge is 0.473 e. The smallest absolute Gasteiger partial charge is 0.408 e. The van der Waals surface area contributed by atoms with Crippen molar-refractivity contribution in [1.82, 2.24) is 24.8 Å². The Hall–Kier alpha value is -4.37. The Balaban J connectivity index is 1.25. The van der Waals surface area contributed by atoms with E-state index in [9.17, 15) is 32.4 Å². The second-order valence-corrected chi connectivity index (χ2v) is 19.3. The predicted octanol–water partition coefficient (Wildman–Crippen LogP) is 4.33. The number of amides is 4. The molecule has 302 valence electrons.